The van der Waals surface area contributed by atoms with Crippen molar-refractivity contribution < 1.29 is 23.9 Å². The van der Waals surface area contributed by atoms with E-state index in [4.69, 9.17) is 9.47 Å². The highest BCUT2D eigenvalue weighted by Gasteiger charge is 2.23. The van der Waals surface area contributed by atoms with Crippen LogP contribution in [-0.2, 0) is 22.6 Å². The standard InChI is InChI=1S/C26H32N4O5/c1-34-21-7-8-22-23(15-21)35-14-11-27-24(31)17-30(12-4-10-28-26(22)33)25(32)18-29-13-9-19-5-2-3-6-20(19)16-29/h2-3,5-8,15H,4,9-14,16-18H2,1H3,(H,27,31)(H,28,33). The van der Waals surface area contributed by atoms with Crippen LogP contribution in [0.25, 0.3) is 0 Å². The smallest absolute Gasteiger partial charge is 0.255 e. The quantitative estimate of drug-likeness (QED) is 0.685. The minimum absolute atomic E-state index is 0.0262. The van der Waals surface area contributed by atoms with Gasteiger partial charge in [-0.1, -0.05) is 24.3 Å². The lowest BCUT2D eigenvalue weighted by Gasteiger charge is -2.31. The van der Waals surface area contributed by atoms with Crippen molar-refractivity contribution in [2.75, 3.05) is 53.0 Å². The molecule has 0 saturated heterocycles. The van der Waals surface area contributed by atoms with Gasteiger partial charge in [0, 0.05) is 32.2 Å². The predicted molar refractivity (Wildman–Crippen MR) is 130 cm³/mol. The van der Waals surface area contributed by atoms with Crippen molar-refractivity contribution >= 4 is 17.7 Å². The van der Waals surface area contributed by atoms with E-state index in [1.54, 1.807) is 30.2 Å². The molecule has 186 valence electrons. The third-order valence-electron chi connectivity index (χ3n) is 6.26. The van der Waals surface area contributed by atoms with E-state index in [0.717, 1.165) is 19.5 Å². The van der Waals surface area contributed by atoms with Gasteiger partial charge in [-0.25, -0.2) is 0 Å². The largest absolute Gasteiger partial charge is 0.497 e. The average molecular weight is 481 g/mol. The Bertz CT molecular complexity index is 1070. The Hall–Kier alpha value is -3.59. The van der Waals surface area contributed by atoms with Crippen LogP contribution in [0, 0.1) is 0 Å². The van der Waals surface area contributed by atoms with E-state index in [-0.39, 0.29) is 44.0 Å². The fourth-order valence-electron chi connectivity index (χ4n) is 4.36. The summed E-state index contributed by atoms with van der Waals surface area (Å²) in [5.41, 5.74) is 2.96. The Morgan fingerprint density at radius 1 is 1.03 bits per heavy atom. The molecular formula is C26H32N4O5. The number of benzene rings is 2. The molecule has 2 heterocycles. The van der Waals surface area contributed by atoms with E-state index < -0.39 is 0 Å². The summed E-state index contributed by atoms with van der Waals surface area (Å²) in [5, 5.41) is 5.69. The van der Waals surface area contributed by atoms with Crippen molar-refractivity contribution in [2.24, 2.45) is 0 Å². The van der Waals surface area contributed by atoms with E-state index >= 15 is 0 Å². The molecule has 0 unspecified atom stereocenters. The van der Waals surface area contributed by atoms with Crippen molar-refractivity contribution in [3.8, 4) is 11.5 Å². The Morgan fingerprint density at radius 2 is 1.86 bits per heavy atom. The predicted octanol–water partition coefficient (Wildman–Crippen LogP) is 1.21. The van der Waals surface area contributed by atoms with E-state index in [1.165, 1.54) is 11.1 Å². The first-order valence-corrected chi connectivity index (χ1v) is 12.0. The van der Waals surface area contributed by atoms with Crippen LogP contribution < -0.4 is 20.1 Å². The van der Waals surface area contributed by atoms with Crippen LogP contribution in [0.3, 0.4) is 0 Å². The summed E-state index contributed by atoms with van der Waals surface area (Å²) in [6, 6.07) is 13.3. The Kier molecular flexibility index (Phi) is 8.20. The summed E-state index contributed by atoms with van der Waals surface area (Å²) in [7, 11) is 1.54. The minimum Gasteiger partial charge on any atom is -0.497 e. The van der Waals surface area contributed by atoms with Crippen molar-refractivity contribution in [1.29, 1.82) is 0 Å². The summed E-state index contributed by atoms with van der Waals surface area (Å²) in [6.45, 7) is 2.94. The summed E-state index contributed by atoms with van der Waals surface area (Å²) in [6.07, 6.45) is 1.43. The molecule has 0 saturated carbocycles. The summed E-state index contributed by atoms with van der Waals surface area (Å²) < 4.78 is 11.0. The maximum atomic E-state index is 13.1. The van der Waals surface area contributed by atoms with Crippen LogP contribution in [0.2, 0.25) is 0 Å². The molecule has 0 atom stereocenters. The summed E-state index contributed by atoms with van der Waals surface area (Å²) in [5.74, 6) is 0.388. The number of nitrogens with zero attached hydrogens (tertiary/aromatic N) is 2. The SMILES string of the molecule is COc1ccc2c(c1)OCCNC(=O)CN(C(=O)CN1CCc3ccccc3C1)CCCNC2=O. The Morgan fingerprint density at radius 3 is 2.69 bits per heavy atom. The number of amides is 3. The van der Waals surface area contributed by atoms with E-state index in [2.05, 4.69) is 27.7 Å². The van der Waals surface area contributed by atoms with E-state index in [9.17, 15) is 14.4 Å². The van der Waals surface area contributed by atoms with Crippen LogP contribution in [0.15, 0.2) is 42.5 Å². The van der Waals surface area contributed by atoms with Crippen LogP contribution in [0.5, 0.6) is 11.5 Å². The molecule has 2 aromatic rings. The summed E-state index contributed by atoms with van der Waals surface area (Å²) >= 11 is 0. The van der Waals surface area contributed by atoms with Gasteiger partial charge in [0.25, 0.3) is 5.91 Å². The molecule has 2 aliphatic heterocycles. The first kappa shape index (κ1) is 24.5. The molecule has 9 nitrogen and oxygen atoms in total. The first-order valence-electron chi connectivity index (χ1n) is 12.0. The number of carbonyl (C=O) groups excluding carboxylic acids is 3. The van der Waals surface area contributed by atoms with Crippen molar-refractivity contribution in [3.05, 3.63) is 59.2 Å². The highest BCUT2D eigenvalue weighted by molar-refractivity contribution is 5.97. The fraction of sp³-hybridized carbons (Fsp3) is 0.423. The van der Waals surface area contributed by atoms with Crippen molar-refractivity contribution in [3.63, 3.8) is 0 Å². The monoisotopic (exact) mass is 480 g/mol. The van der Waals surface area contributed by atoms with Crippen LogP contribution >= 0.6 is 0 Å². The molecule has 2 aromatic carbocycles. The number of fused-ring (bicyclic) bond motifs is 2. The molecule has 0 fully saturated rings. The second kappa shape index (κ2) is 11.7. The van der Waals surface area contributed by atoms with Crippen molar-refractivity contribution in [1.82, 2.24) is 20.4 Å². The number of ether oxygens (including phenoxy) is 2. The van der Waals surface area contributed by atoms with E-state index in [0.29, 0.717) is 36.6 Å². The lowest BCUT2D eigenvalue weighted by molar-refractivity contribution is -0.137. The van der Waals surface area contributed by atoms with Gasteiger partial charge in [-0.2, -0.15) is 0 Å². The molecular weight excluding hydrogens is 448 g/mol. The van der Waals surface area contributed by atoms with Gasteiger partial charge in [-0.05, 0) is 36.1 Å². The average Bonchev–Trinajstić information content (AvgIpc) is 2.87. The van der Waals surface area contributed by atoms with Crippen LogP contribution in [-0.4, -0.2) is 80.5 Å². The molecule has 9 heteroatoms. The van der Waals surface area contributed by atoms with Crippen molar-refractivity contribution in [2.45, 2.75) is 19.4 Å². The van der Waals surface area contributed by atoms with Gasteiger partial charge in [0.05, 0.1) is 32.3 Å². The molecule has 0 bridgehead atoms. The van der Waals surface area contributed by atoms with Gasteiger partial charge in [0.2, 0.25) is 11.8 Å². The van der Waals surface area contributed by atoms with Gasteiger partial charge >= 0.3 is 0 Å². The minimum atomic E-state index is -0.256. The first-order chi connectivity index (χ1) is 17.0. The molecule has 4 rings (SSSR count). The van der Waals surface area contributed by atoms with Gasteiger partial charge < -0.3 is 25.0 Å². The van der Waals surface area contributed by atoms with Gasteiger partial charge in [0.1, 0.15) is 18.1 Å². The normalized spacial score (nSPS) is 17.7. The molecule has 0 aromatic heterocycles. The molecule has 0 spiro atoms. The molecule has 2 N–H and O–H groups in total. The molecule has 3 amide bonds. The zero-order chi connectivity index (χ0) is 24.6. The fourth-order valence-corrected chi connectivity index (χ4v) is 4.36. The number of nitrogens with one attached hydrogen (secondary N) is 2. The molecule has 0 radical (unpaired) electrons. The van der Waals surface area contributed by atoms with Gasteiger partial charge in [-0.15, -0.1) is 0 Å². The molecule has 0 aliphatic carbocycles. The highest BCUT2D eigenvalue weighted by atomic mass is 16.5. The topological polar surface area (TPSA) is 100 Å². The van der Waals surface area contributed by atoms with Gasteiger partial charge in [0.15, 0.2) is 0 Å². The number of methoxy groups -OCH3 is 1. The second-order valence-corrected chi connectivity index (χ2v) is 8.71. The Balaban J connectivity index is 1.39. The van der Waals surface area contributed by atoms with Gasteiger partial charge in [-0.3, -0.25) is 19.3 Å². The Labute approximate surface area is 205 Å². The number of hydrogen-bond donors (Lipinski definition) is 2. The van der Waals surface area contributed by atoms with E-state index in [1.807, 2.05) is 12.1 Å². The highest BCUT2D eigenvalue weighted by Crippen LogP contribution is 2.25. The second-order valence-electron chi connectivity index (χ2n) is 8.71. The molecule has 2 aliphatic rings. The van der Waals surface area contributed by atoms with Crippen LogP contribution in [0.4, 0.5) is 0 Å². The maximum Gasteiger partial charge on any atom is 0.255 e. The number of hydrogen-bond acceptors (Lipinski definition) is 6. The lowest BCUT2D eigenvalue weighted by atomic mass is 10.00. The zero-order valence-electron chi connectivity index (χ0n) is 20.0. The van der Waals surface area contributed by atoms with Crippen LogP contribution in [0.1, 0.15) is 27.9 Å². The number of rotatable bonds is 3. The summed E-state index contributed by atoms with van der Waals surface area (Å²) in [4.78, 5) is 42.1. The zero-order valence-corrected chi connectivity index (χ0v) is 20.0. The third-order valence-corrected chi connectivity index (χ3v) is 6.26. The maximum absolute atomic E-state index is 13.1. The number of carbonyl (C=O) groups is 3. The molecule has 35 heavy (non-hydrogen) atoms. The third kappa shape index (κ3) is 6.51. The lowest BCUT2D eigenvalue weighted by Crippen LogP contribution is -2.47.